The highest BCUT2D eigenvalue weighted by Crippen LogP contribution is 2.44. The smallest absolute Gasteiger partial charge is 0.252 e. The van der Waals surface area contributed by atoms with Crippen LogP contribution in [0.5, 0.6) is 5.75 Å². The number of amides is 1. The molecule has 0 bridgehead atoms. The molecule has 2 aromatic rings. The Kier molecular flexibility index (Phi) is 9.74. The summed E-state index contributed by atoms with van der Waals surface area (Å²) in [4.78, 5) is 21.0. The van der Waals surface area contributed by atoms with Crippen LogP contribution in [0.4, 0.5) is 0 Å². The monoisotopic (exact) mass is 571 g/mol. The Morgan fingerprint density at radius 2 is 2.00 bits per heavy atom. The normalized spacial score (nSPS) is 21.7. The molecule has 0 radical (unpaired) electrons. The highest BCUT2D eigenvalue weighted by Gasteiger charge is 2.52. The average Bonchev–Trinajstić information content (AvgIpc) is 3.30. The SMILES string of the molecule is C=CC[C@@]1(C(=O)NCCN2CCOCC2)N=C(c2ccc(OCCCO)cc2)O[C@@H]1c1ccccc1Br. The molecule has 37 heavy (non-hydrogen) atoms. The summed E-state index contributed by atoms with van der Waals surface area (Å²) in [5.41, 5.74) is 0.386. The lowest BCUT2D eigenvalue weighted by Crippen LogP contribution is -2.50. The predicted octanol–water partition coefficient (Wildman–Crippen LogP) is 3.49. The van der Waals surface area contributed by atoms with Crippen molar-refractivity contribution >= 4 is 27.7 Å². The first-order chi connectivity index (χ1) is 18.1. The van der Waals surface area contributed by atoms with Crippen LogP contribution in [0.15, 0.2) is 70.7 Å². The van der Waals surface area contributed by atoms with E-state index in [0.717, 1.165) is 35.2 Å². The highest BCUT2D eigenvalue weighted by atomic mass is 79.9. The van der Waals surface area contributed by atoms with Gasteiger partial charge in [-0.15, -0.1) is 6.58 Å². The van der Waals surface area contributed by atoms with Crippen LogP contribution < -0.4 is 10.1 Å². The van der Waals surface area contributed by atoms with E-state index in [9.17, 15) is 4.79 Å². The van der Waals surface area contributed by atoms with Crippen LogP contribution in [0, 0.1) is 0 Å². The summed E-state index contributed by atoms with van der Waals surface area (Å²) in [6, 6.07) is 15.1. The van der Waals surface area contributed by atoms with Crippen LogP contribution in [0.2, 0.25) is 0 Å². The molecule has 198 valence electrons. The average molecular weight is 573 g/mol. The van der Waals surface area contributed by atoms with Gasteiger partial charge in [-0.2, -0.15) is 0 Å². The van der Waals surface area contributed by atoms with E-state index in [1.54, 1.807) is 6.08 Å². The predicted molar refractivity (Wildman–Crippen MR) is 146 cm³/mol. The number of hydrogen-bond acceptors (Lipinski definition) is 7. The van der Waals surface area contributed by atoms with Gasteiger partial charge in [0.15, 0.2) is 11.6 Å². The summed E-state index contributed by atoms with van der Waals surface area (Å²) in [6.07, 6.45) is 1.96. The maximum absolute atomic E-state index is 13.8. The van der Waals surface area contributed by atoms with Gasteiger partial charge >= 0.3 is 0 Å². The van der Waals surface area contributed by atoms with Crippen molar-refractivity contribution in [3.63, 3.8) is 0 Å². The van der Waals surface area contributed by atoms with Crippen molar-refractivity contribution in [2.45, 2.75) is 24.5 Å². The third kappa shape index (κ3) is 6.59. The molecule has 9 heteroatoms. The number of aliphatic imine (C=N–C) groups is 1. The first-order valence-corrected chi connectivity index (χ1v) is 13.4. The molecule has 2 aliphatic rings. The summed E-state index contributed by atoms with van der Waals surface area (Å²) in [6.45, 7) is 8.84. The van der Waals surface area contributed by atoms with Crippen LogP contribution in [0.3, 0.4) is 0 Å². The number of ether oxygens (including phenoxy) is 3. The van der Waals surface area contributed by atoms with Crippen molar-refractivity contribution in [1.82, 2.24) is 10.2 Å². The lowest BCUT2D eigenvalue weighted by molar-refractivity contribution is -0.128. The maximum atomic E-state index is 13.8. The van der Waals surface area contributed by atoms with Crippen LogP contribution in [-0.4, -0.2) is 80.0 Å². The molecule has 0 saturated carbocycles. The van der Waals surface area contributed by atoms with E-state index in [2.05, 4.69) is 32.7 Å². The first kappa shape index (κ1) is 27.3. The molecule has 0 aromatic heterocycles. The molecule has 2 N–H and O–H groups in total. The van der Waals surface area contributed by atoms with Gasteiger partial charge in [0.05, 0.1) is 19.8 Å². The number of nitrogens with zero attached hydrogens (tertiary/aromatic N) is 2. The Morgan fingerprint density at radius 1 is 1.24 bits per heavy atom. The number of rotatable bonds is 12. The van der Waals surface area contributed by atoms with Crippen molar-refractivity contribution in [1.29, 1.82) is 0 Å². The number of nitrogens with one attached hydrogen (secondary N) is 1. The van der Waals surface area contributed by atoms with Gasteiger partial charge < -0.3 is 24.6 Å². The van der Waals surface area contributed by atoms with Crippen LogP contribution in [-0.2, 0) is 14.3 Å². The van der Waals surface area contributed by atoms with Gasteiger partial charge in [-0.1, -0.05) is 40.2 Å². The third-order valence-electron chi connectivity index (χ3n) is 6.49. The number of halogens is 1. The van der Waals surface area contributed by atoms with E-state index in [0.29, 0.717) is 50.9 Å². The van der Waals surface area contributed by atoms with Gasteiger partial charge in [0.1, 0.15) is 5.75 Å². The van der Waals surface area contributed by atoms with Crippen LogP contribution in [0.25, 0.3) is 0 Å². The first-order valence-electron chi connectivity index (χ1n) is 12.6. The standard InChI is InChI=1S/C28H34BrN3O5/c1-2-12-28(27(34)30-13-14-32-15-19-35-20-16-32)25(23-6-3-4-7-24(23)29)37-26(31-28)21-8-10-22(11-9-21)36-18-5-17-33/h2-4,6-11,25,33H,1,5,12-20H2,(H,30,34)/t25-,28-/m1/s1. The van der Waals surface area contributed by atoms with Crippen molar-refractivity contribution in [3.05, 3.63) is 76.8 Å². The van der Waals surface area contributed by atoms with Crippen molar-refractivity contribution in [2.24, 2.45) is 4.99 Å². The molecule has 0 unspecified atom stereocenters. The number of aliphatic hydroxyl groups is 1. The zero-order chi connectivity index (χ0) is 26.1. The molecule has 1 amide bonds. The molecule has 2 aromatic carbocycles. The Labute approximate surface area is 226 Å². The van der Waals surface area contributed by atoms with E-state index >= 15 is 0 Å². The lowest BCUT2D eigenvalue weighted by Gasteiger charge is -2.31. The quantitative estimate of drug-likeness (QED) is 0.299. The van der Waals surface area contributed by atoms with Gasteiger partial charge in [-0.3, -0.25) is 9.69 Å². The van der Waals surface area contributed by atoms with Crippen molar-refractivity contribution < 1.29 is 24.1 Å². The number of aliphatic hydroxyl groups excluding tert-OH is 1. The minimum atomic E-state index is -1.21. The fourth-order valence-corrected chi connectivity index (χ4v) is 5.00. The molecular formula is C28H34BrN3O5. The minimum absolute atomic E-state index is 0.0824. The topological polar surface area (TPSA) is 92.6 Å². The van der Waals surface area contributed by atoms with Crippen molar-refractivity contribution in [2.75, 3.05) is 52.6 Å². The largest absolute Gasteiger partial charge is 0.494 e. The fraction of sp³-hybridized carbons (Fsp3) is 0.429. The molecule has 0 aliphatic carbocycles. The fourth-order valence-electron chi connectivity index (χ4n) is 4.51. The van der Waals surface area contributed by atoms with E-state index in [-0.39, 0.29) is 12.5 Å². The zero-order valence-corrected chi connectivity index (χ0v) is 22.5. The summed E-state index contributed by atoms with van der Waals surface area (Å²) in [5.74, 6) is 0.893. The number of carbonyl (C=O) groups excluding carboxylic acids is 1. The molecule has 1 saturated heterocycles. The summed E-state index contributed by atoms with van der Waals surface area (Å²) >= 11 is 3.64. The molecule has 1 fully saturated rings. The maximum Gasteiger partial charge on any atom is 0.252 e. The van der Waals surface area contributed by atoms with Gasteiger partial charge in [-0.05, 0) is 30.3 Å². The third-order valence-corrected chi connectivity index (χ3v) is 7.21. The number of morpholine rings is 1. The van der Waals surface area contributed by atoms with E-state index in [4.69, 9.17) is 24.3 Å². The molecule has 4 rings (SSSR count). The number of benzene rings is 2. The van der Waals surface area contributed by atoms with E-state index in [1.165, 1.54) is 0 Å². The van der Waals surface area contributed by atoms with E-state index < -0.39 is 11.6 Å². The highest BCUT2D eigenvalue weighted by molar-refractivity contribution is 9.10. The Morgan fingerprint density at radius 3 is 2.70 bits per heavy atom. The zero-order valence-electron chi connectivity index (χ0n) is 20.9. The molecule has 0 spiro atoms. The van der Waals surface area contributed by atoms with Gasteiger partial charge in [-0.25, -0.2) is 4.99 Å². The number of hydrogen-bond donors (Lipinski definition) is 2. The van der Waals surface area contributed by atoms with E-state index in [1.807, 2.05) is 48.5 Å². The van der Waals surface area contributed by atoms with Crippen LogP contribution >= 0.6 is 15.9 Å². The second-order valence-corrected chi connectivity index (χ2v) is 9.87. The van der Waals surface area contributed by atoms with Gasteiger partial charge in [0.25, 0.3) is 5.91 Å². The number of carbonyl (C=O) groups is 1. The van der Waals surface area contributed by atoms with Gasteiger partial charge in [0.2, 0.25) is 5.90 Å². The molecule has 2 atom stereocenters. The lowest BCUT2D eigenvalue weighted by atomic mass is 9.84. The molecule has 2 aliphatic heterocycles. The Balaban J connectivity index is 1.59. The second-order valence-electron chi connectivity index (χ2n) is 9.01. The Hall–Kier alpha value is -2.72. The molecule has 8 nitrogen and oxygen atoms in total. The Bertz CT molecular complexity index is 1090. The molecule has 2 heterocycles. The summed E-state index contributed by atoms with van der Waals surface area (Å²) < 4.78 is 18.4. The summed E-state index contributed by atoms with van der Waals surface area (Å²) in [5, 5.41) is 12.1. The van der Waals surface area contributed by atoms with Gasteiger partial charge in [0, 0.05) is 61.2 Å². The minimum Gasteiger partial charge on any atom is -0.494 e. The van der Waals surface area contributed by atoms with Crippen molar-refractivity contribution in [3.8, 4) is 5.75 Å². The second kappa shape index (κ2) is 13.2. The molecular weight excluding hydrogens is 538 g/mol. The van der Waals surface area contributed by atoms with Crippen LogP contribution in [0.1, 0.15) is 30.1 Å². The summed E-state index contributed by atoms with van der Waals surface area (Å²) in [7, 11) is 0.